The number of methoxy groups -OCH3 is 1. The average molecular weight is 383 g/mol. The van der Waals surface area contributed by atoms with E-state index in [9.17, 15) is 0 Å². The zero-order valence-corrected chi connectivity index (χ0v) is 14.0. The number of nitrogens with one attached hydrogen (secondary N) is 2. The van der Waals surface area contributed by atoms with Crippen LogP contribution >= 0.6 is 24.0 Å². The topological polar surface area (TPSA) is 54.9 Å². The molecule has 1 saturated heterocycles. The molecule has 0 saturated carbocycles. The summed E-state index contributed by atoms with van der Waals surface area (Å²) in [5.74, 6) is 0.821. The van der Waals surface area contributed by atoms with Crippen molar-refractivity contribution in [3.05, 3.63) is 12.7 Å². The summed E-state index contributed by atoms with van der Waals surface area (Å²) >= 11 is 0. The van der Waals surface area contributed by atoms with Crippen LogP contribution < -0.4 is 10.6 Å². The summed E-state index contributed by atoms with van der Waals surface area (Å²) in [6, 6.07) is 0. The molecule has 2 N–H and O–H groups in total. The van der Waals surface area contributed by atoms with Crippen molar-refractivity contribution in [2.75, 3.05) is 40.0 Å². The summed E-state index contributed by atoms with van der Waals surface area (Å²) in [4.78, 5) is 4.52. The maximum atomic E-state index is 5.55. The number of halogens is 1. The normalized spacial score (nSPS) is 18.8. The predicted molar refractivity (Wildman–Crippen MR) is 89.4 cm³/mol. The lowest BCUT2D eigenvalue weighted by Crippen LogP contribution is -2.38. The van der Waals surface area contributed by atoms with Crippen LogP contribution in [0.25, 0.3) is 0 Å². The number of guanidine groups is 1. The van der Waals surface area contributed by atoms with E-state index in [2.05, 4.69) is 22.2 Å². The Hall–Kier alpha value is -0.340. The molecule has 1 aliphatic rings. The standard InChI is InChI=1S/C13H25N3O2.HI/c1-3-7-14-13(15-8-5-9-17-2)16-11-12-6-4-10-18-12;/h3,12H,1,4-11H2,2H3,(H2,14,15,16);1H. The Kier molecular flexibility index (Phi) is 12.5. The molecule has 19 heavy (non-hydrogen) atoms. The van der Waals surface area contributed by atoms with Gasteiger partial charge in [-0.05, 0) is 19.3 Å². The van der Waals surface area contributed by atoms with Crippen LogP contribution in [0.15, 0.2) is 17.6 Å². The maximum absolute atomic E-state index is 5.55. The summed E-state index contributed by atoms with van der Waals surface area (Å²) in [5.41, 5.74) is 0. The molecule has 0 radical (unpaired) electrons. The highest BCUT2D eigenvalue weighted by atomic mass is 127. The third-order valence-electron chi connectivity index (χ3n) is 2.71. The first-order chi connectivity index (χ1) is 8.86. The van der Waals surface area contributed by atoms with Gasteiger partial charge < -0.3 is 20.1 Å². The Labute approximate surface area is 133 Å². The predicted octanol–water partition coefficient (Wildman–Crippen LogP) is 1.54. The second-order valence-electron chi connectivity index (χ2n) is 4.27. The first-order valence-electron chi connectivity index (χ1n) is 6.60. The number of nitrogens with zero attached hydrogens (tertiary/aromatic N) is 1. The number of hydrogen-bond donors (Lipinski definition) is 2. The molecule has 112 valence electrons. The van der Waals surface area contributed by atoms with Crippen LogP contribution in [0, 0.1) is 0 Å². The van der Waals surface area contributed by atoms with Crippen LogP contribution in [0.1, 0.15) is 19.3 Å². The molecule has 0 spiro atoms. The van der Waals surface area contributed by atoms with Gasteiger partial charge in [-0.1, -0.05) is 6.08 Å². The molecule has 1 rings (SSSR count). The van der Waals surface area contributed by atoms with E-state index in [-0.39, 0.29) is 30.1 Å². The smallest absolute Gasteiger partial charge is 0.191 e. The van der Waals surface area contributed by atoms with Gasteiger partial charge in [-0.25, -0.2) is 0 Å². The Bertz CT molecular complexity index is 256. The van der Waals surface area contributed by atoms with Crippen LogP contribution in [-0.4, -0.2) is 52.0 Å². The average Bonchev–Trinajstić information content (AvgIpc) is 2.90. The van der Waals surface area contributed by atoms with Crippen molar-refractivity contribution in [3.8, 4) is 0 Å². The Balaban J connectivity index is 0.00000324. The fourth-order valence-corrected chi connectivity index (χ4v) is 1.75. The van der Waals surface area contributed by atoms with Crippen molar-refractivity contribution in [3.63, 3.8) is 0 Å². The molecule has 1 atom stereocenters. The lowest BCUT2D eigenvalue weighted by molar-refractivity contribution is 0.117. The molecular formula is C13H26IN3O2. The molecule has 5 nitrogen and oxygen atoms in total. The van der Waals surface area contributed by atoms with Gasteiger partial charge in [0, 0.05) is 33.4 Å². The van der Waals surface area contributed by atoms with E-state index < -0.39 is 0 Å². The van der Waals surface area contributed by atoms with Crippen LogP contribution in [0.5, 0.6) is 0 Å². The van der Waals surface area contributed by atoms with E-state index in [4.69, 9.17) is 9.47 Å². The van der Waals surface area contributed by atoms with Crippen molar-refractivity contribution >= 4 is 29.9 Å². The van der Waals surface area contributed by atoms with E-state index in [1.165, 1.54) is 0 Å². The highest BCUT2D eigenvalue weighted by molar-refractivity contribution is 14.0. The number of rotatable bonds is 8. The van der Waals surface area contributed by atoms with Gasteiger partial charge in [0.25, 0.3) is 0 Å². The van der Waals surface area contributed by atoms with Gasteiger partial charge in [0.2, 0.25) is 0 Å². The van der Waals surface area contributed by atoms with Crippen molar-refractivity contribution in [1.29, 1.82) is 0 Å². The minimum absolute atomic E-state index is 0. The third-order valence-corrected chi connectivity index (χ3v) is 2.71. The maximum Gasteiger partial charge on any atom is 0.191 e. The first kappa shape index (κ1) is 18.7. The highest BCUT2D eigenvalue weighted by Crippen LogP contribution is 2.11. The van der Waals surface area contributed by atoms with Crippen LogP contribution in [0.3, 0.4) is 0 Å². The molecule has 1 fully saturated rings. The Morgan fingerprint density at radius 3 is 3.00 bits per heavy atom. The fraction of sp³-hybridized carbons (Fsp3) is 0.769. The van der Waals surface area contributed by atoms with Crippen LogP contribution in [-0.2, 0) is 9.47 Å². The lowest BCUT2D eigenvalue weighted by atomic mass is 10.2. The minimum atomic E-state index is 0. The largest absolute Gasteiger partial charge is 0.385 e. The van der Waals surface area contributed by atoms with Crippen molar-refractivity contribution < 1.29 is 9.47 Å². The van der Waals surface area contributed by atoms with Crippen molar-refractivity contribution in [1.82, 2.24) is 10.6 Å². The Morgan fingerprint density at radius 2 is 2.37 bits per heavy atom. The zero-order chi connectivity index (χ0) is 13.1. The third kappa shape index (κ3) is 9.23. The van der Waals surface area contributed by atoms with Gasteiger partial charge in [-0.2, -0.15) is 0 Å². The molecule has 1 unspecified atom stereocenters. The molecule has 0 aromatic rings. The van der Waals surface area contributed by atoms with E-state index >= 15 is 0 Å². The summed E-state index contributed by atoms with van der Waals surface area (Å²) in [6.45, 7) is 7.60. The van der Waals surface area contributed by atoms with Crippen molar-refractivity contribution in [2.24, 2.45) is 4.99 Å². The second kappa shape index (κ2) is 12.7. The summed E-state index contributed by atoms with van der Waals surface area (Å²) in [5, 5.41) is 6.46. The summed E-state index contributed by atoms with van der Waals surface area (Å²) in [6.07, 6.45) is 5.33. The van der Waals surface area contributed by atoms with Crippen LogP contribution in [0.2, 0.25) is 0 Å². The molecule has 0 bridgehead atoms. The van der Waals surface area contributed by atoms with Gasteiger partial charge in [-0.3, -0.25) is 4.99 Å². The van der Waals surface area contributed by atoms with E-state index in [0.29, 0.717) is 6.54 Å². The van der Waals surface area contributed by atoms with Gasteiger partial charge in [0.1, 0.15) is 0 Å². The monoisotopic (exact) mass is 383 g/mol. The van der Waals surface area contributed by atoms with Gasteiger partial charge in [0.15, 0.2) is 5.96 Å². The summed E-state index contributed by atoms with van der Waals surface area (Å²) < 4.78 is 10.6. The Morgan fingerprint density at radius 1 is 1.53 bits per heavy atom. The molecule has 0 amide bonds. The molecule has 6 heteroatoms. The van der Waals surface area contributed by atoms with E-state index in [1.54, 1.807) is 7.11 Å². The number of aliphatic imine (C=N–C) groups is 1. The van der Waals surface area contributed by atoms with Gasteiger partial charge >= 0.3 is 0 Å². The van der Waals surface area contributed by atoms with Crippen LogP contribution in [0.4, 0.5) is 0 Å². The second-order valence-corrected chi connectivity index (χ2v) is 4.27. The molecular weight excluding hydrogens is 357 g/mol. The van der Waals surface area contributed by atoms with Gasteiger partial charge in [-0.15, -0.1) is 30.6 Å². The number of ether oxygens (including phenoxy) is 2. The lowest BCUT2D eigenvalue weighted by Gasteiger charge is -2.12. The molecule has 0 aromatic carbocycles. The zero-order valence-electron chi connectivity index (χ0n) is 11.7. The van der Waals surface area contributed by atoms with Gasteiger partial charge in [0.05, 0.1) is 12.6 Å². The quantitative estimate of drug-likeness (QED) is 0.220. The molecule has 1 heterocycles. The van der Waals surface area contributed by atoms with Crippen molar-refractivity contribution in [2.45, 2.75) is 25.4 Å². The fourth-order valence-electron chi connectivity index (χ4n) is 1.75. The molecule has 0 aromatic heterocycles. The molecule has 0 aliphatic carbocycles. The highest BCUT2D eigenvalue weighted by Gasteiger charge is 2.14. The SMILES string of the molecule is C=CCNC(=NCC1CCCO1)NCCCOC.I. The van der Waals surface area contributed by atoms with E-state index in [1.807, 2.05) is 6.08 Å². The molecule has 1 aliphatic heterocycles. The number of hydrogen-bond acceptors (Lipinski definition) is 3. The van der Waals surface area contributed by atoms with E-state index in [0.717, 1.165) is 51.5 Å². The first-order valence-corrected chi connectivity index (χ1v) is 6.60. The minimum Gasteiger partial charge on any atom is -0.385 e. The summed E-state index contributed by atoms with van der Waals surface area (Å²) in [7, 11) is 1.71.